The molecule has 0 radical (unpaired) electrons. The van der Waals surface area contributed by atoms with Gasteiger partial charge in [0.05, 0.1) is 5.75 Å². The van der Waals surface area contributed by atoms with Crippen molar-refractivity contribution in [3.05, 3.63) is 41.5 Å². The second-order valence-corrected chi connectivity index (χ2v) is 13.2. The van der Waals surface area contributed by atoms with Crippen molar-refractivity contribution in [2.75, 3.05) is 31.6 Å². The van der Waals surface area contributed by atoms with E-state index >= 15 is 0 Å². The van der Waals surface area contributed by atoms with Gasteiger partial charge in [0.25, 0.3) is 0 Å². The summed E-state index contributed by atoms with van der Waals surface area (Å²) in [6, 6.07) is 12.0. The quantitative estimate of drug-likeness (QED) is 0.643. The van der Waals surface area contributed by atoms with Crippen LogP contribution in [0.2, 0.25) is 0 Å². The zero-order valence-electron chi connectivity index (χ0n) is 19.0. The van der Waals surface area contributed by atoms with Gasteiger partial charge in [-0.1, -0.05) is 62.8 Å². The zero-order valence-corrected chi connectivity index (χ0v) is 19.8. The Hall–Kier alpha value is -1.17. The summed E-state index contributed by atoms with van der Waals surface area (Å²) in [6.45, 7) is 9.59. The number of likely N-dealkylation sites (tertiary alicyclic amines) is 1. The first kappa shape index (κ1) is 22.0. The van der Waals surface area contributed by atoms with Crippen LogP contribution < -0.4 is 5.32 Å². The minimum atomic E-state index is -2.92. The van der Waals surface area contributed by atoms with Crippen molar-refractivity contribution < 1.29 is 8.42 Å². The van der Waals surface area contributed by atoms with Gasteiger partial charge in [0, 0.05) is 38.0 Å². The Bertz CT molecular complexity index is 877. The lowest BCUT2D eigenvalue weighted by Gasteiger charge is -2.60. The Kier molecular flexibility index (Phi) is 5.93. The molecule has 4 rings (SSSR count). The maximum Gasteiger partial charge on any atom is 0.148 e. The van der Waals surface area contributed by atoms with Gasteiger partial charge < -0.3 is 10.2 Å². The largest absolute Gasteiger partial charge is 0.311 e. The van der Waals surface area contributed by atoms with Gasteiger partial charge in [0.15, 0.2) is 0 Å². The first-order valence-electron chi connectivity index (χ1n) is 11.5. The van der Waals surface area contributed by atoms with Crippen LogP contribution in [0.1, 0.15) is 52.0 Å². The van der Waals surface area contributed by atoms with E-state index in [1.54, 1.807) is 5.57 Å². The van der Waals surface area contributed by atoms with E-state index in [4.69, 9.17) is 0 Å². The smallest absolute Gasteiger partial charge is 0.148 e. The van der Waals surface area contributed by atoms with Crippen LogP contribution in [0, 0.1) is 16.7 Å². The van der Waals surface area contributed by atoms with E-state index < -0.39 is 9.84 Å². The molecule has 1 spiro atoms. The number of benzene rings is 1. The number of rotatable bonds is 9. The summed E-state index contributed by atoms with van der Waals surface area (Å²) in [5.74, 6) is 0.981. The molecule has 1 N–H and O–H groups in total. The lowest BCUT2D eigenvalue weighted by Crippen LogP contribution is -2.67. The van der Waals surface area contributed by atoms with Crippen molar-refractivity contribution in [3.8, 4) is 0 Å². The standard InChI is InChI=1S/C25H38N2O2S/c1-5-20(11-19-9-7-6-8-10-19)22-12-23(22)26-21-13-25(14-21)16-27(17-25)15-24(2,3)18-30(4,28)29/h6-11,21-23,26H,5,12-18H2,1-4H3/b20-11+/t22-,23+/m1/s1. The average molecular weight is 431 g/mol. The maximum atomic E-state index is 11.6. The van der Waals surface area contributed by atoms with Crippen LogP contribution in [0.15, 0.2) is 35.9 Å². The molecule has 1 saturated heterocycles. The Balaban J connectivity index is 1.19. The molecule has 0 amide bonds. The second-order valence-electron chi connectivity index (χ2n) is 11.1. The molecule has 166 valence electrons. The Morgan fingerprint density at radius 3 is 2.50 bits per heavy atom. The lowest BCUT2D eigenvalue weighted by atomic mass is 9.60. The third kappa shape index (κ3) is 5.35. The molecule has 4 nitrogen and oxygen atoms in total. The van der Waals surface area contributed by atoms with Crippen molar-refractivity contribution in [1.82, 2.24) is 10.2 Å². The van der Waals surface area contributed by atoms with Gasteiger partial charge >= 0.3 is 0 Å². The number of nitrogens with one attached hydrogen (secondary N) is 1. The summed E-state index contributed by atoms with van der Waals surface area (Å²) in [7, 11) is -2.92. The van der Waals surface area contributed by atoms with Gasteiger partial charge in [-0.3, -0.25) is 0 Å². The average Bonchev–Trinajstić information content (AvgIpc) is 3.33. The second kappa shape index (κ2) is 8.07. The maximum absolute atomic E-state index is 11.6. The first-order valence-corrected chi connectivity index (χ1v) is 13.5. The van der Waals surface area contributed by atoms with Crippen LogP contribution in [-0.4, -0.2) is 57.0 Å². The minimum Gasteiger partial charge on any atom is -0.311 e. The highest BCUT2D eigenvalue weighted by atomic mass is 32.2. The molecular formula is C25H38N2O2S. The number of hydrogen-bond acceptors (Lipinski definition) is 4. The summed E-state index contributed by atoms with van der Waals surface area (Å²) < 4.78 is 23.3. The Labute approximate surface area is 183 Å². The molecule has 1 aromatic rings. The van der Waals surface area contributed by atoms with Gasteiger partial charge in [-0.05, 0) is 48.0 Å². The van der Waals surface area contributed by atoms with Crippen molar-refractivity contribution in [1.29, 1.82) is 0 Å². The number of nitrogens with zero attached hydrogens (tertiary/aromatic N) is 1. The molecule has 1 heterocycles. The van der Waals surface area contributed by atoms with E-state index in [1.807, 2.05) is 0 Å². The molecule has 2 saturated carbocycles. The van der Waals surface area contributed by atoms with Crippen molar-refractivity contribution in [2.45, 2.75) is 58.5 Å². The van der Waals surface area contributed by atoms with Crippen molar-refractivity contribution >= 4 is 15.9 Å². The van der Waals surface area contributed by atoms with Gasteiger partial charge in [-0.2, -0.15) is 0 Å². The van der Waals surface area contributed by atoms with Gasteiger partial charge in [0.1, 0.15) is 9.84 Å². The third-order valence-electron chi connectivity index (χ3n) is 7.06. The van der Waals surface area contributed by atoms with Crippen molar-refractivity contribution in [2.24, 2.45) is 16.7 Å². The number of hydrogen-bond donors (Lipinski definition) is 1. The fraction of sp³-hybridized carbons (Fsp3) is 0.680. The highest BCUT2D eigenvalue weighted by Crippen LogP contribution is 2.50. The van der Waals surface area contributed by atoms with Crippen LogP contribution >= 0.6 is 0 Å². The summed E-state index contributed by atoms with van der Waals surface area (Å²) in [5.41, 5.74) is 3.22. The molecule has 3 aliphatic rings. The summed E-state index contributed by atoms with van der Waals surface area (Å²) in [6.07, 6.45) is 8.70. The van der Waals surface area contributed by atoms with Crippen LogP contribution in [0.5, 0.6) is 0 Å². The Morgan fingerprint density at radius 1 is 1.23 bits per heavy atom. The molecule has 2 aliphatic carbocycles. The van der Waals surface area contributed by atoms with Gasteiger partial charge in [-0.15, -0.1) is 0 Å². The lowest BCUT2D eigenvalue weighted by molar-refractivity contribution is -0.0897. The Morgan fingerprint density at radius 2 is 1.90 bits per heavy atom. The topological polar surface area (TPSA) is 49.4 Å². The van der Waals surface area contributed by atoms with Crippen LogP contribution in [-0.2, 0) is 9.84 Å². The van der Waals surface area contributed by atoms with Crippen LogP contribution in [0.3, 0.4) is 0 Å². The van der Waals surface area contributed by atoms with Crippen LogP contribution in [0.25, 0.3) is 6.08 Å². The fourth-order valence-electron chi connectivity index (χ4n) is 6.06. The van der Waals surface area contributed by atoms with Gasteiger partial charge in [-0.25, -0.2) is 8.42 Å². The molecule has 2 atom stereocenters. The van der Waals surface area contributed by atoms with E-state index in [0.29, 0.717) is 23.4 Å². The minimum absolute atomic E-state index is 0.167. The highest BCUT2D eigenvalue weighted by molar-refractivity contribution is 7.90. The molecule has 0 unspecified atom stereocenters. The van der Waals surface area contributed by atoms with E-state index in [-0.39, 0.29) is 11.2 Å². The van der Waals surface area contributed by atoms with E-state index in [1.165, 1.54) is 31.1 Å². The predicted molar refractivity (Wildman–Crippen MR) is 125 cm³/mol. The SMILES string of the molecule is CC/C(=C\c1ccccc1)[C@H]1C[C@@H]1NC1CC2(C1)CN(CC(C)(C)CS(C)(=O)=O)C2. The van der Waals surface area contributed by atoms with E-state index in [9.17, 15) is 8.42 Å². The predicted octanol–water partition coefficient (Wildman–Crippen LogP) is 3.99. The normalized spacial score (nSPS) is 27.0. The number of sulfone groups is 1. The summed E-state index contributed by atoms with van der Waals surface area (Å²) in [5, 5.41) is 3.92. The summed E-state index contributed by atoms with van der Waals surface area (Å²) in [4.78, 5) is 2.46. The molecule has 1 aromatic carbocycles. The third-order valence-corrected chi connectivity index (χ3v) is 8.36. The van der Waals surface area contributed by atoms with Gasteiger partial charge in [0.2, 0.25) is 0 Å². The van der Waals surface area contributed by atoms with E-state index in [2.05, 4.69) is 67.4 Å². The monoisotopic (exact) mass is 430 g/mol. The fourth-order valence-corrected chi connectivity index (χ4v) is 7.57. The molecular weight excluding hydrogens is 392 g/mol. The van der Waals surface area contributed by atoms with Crippen molar-refractivity contribution in [3.63, 3.8) is 0 Å². The molecule has 0 bridgehead atoms. The molecule has 0 aromatic heterocycles. The molecule has 1 aliphatic heterocycles. The first-order chi connectivity index (χ1) is 14.1. The highest BCUT2D eigenvalue weighted by Gasteiger charge is 2.54. The molecule has 5 heteroatoms. The van der Waals surface area contributed by atoms with Crippen LogP contribution in [0.4, 0.5) is 0 Å². The molecule has 30 heavy (non-hydrogen) atoms. The zero-order chi connectivity index (χ0) is 21.6. The summed E-state index contributed by atoms with van der Waals surface area (Å²) >= 11 is 0. The molecule has 3 fully saturated rings. The van der Waals surface area contributed by atoms with E-state index in [0.717, 1.165) is 26.1 Å².